The molecule has 0 saturated carbocycles. The van der Waals surface area contributed by atoms with Crippen LogP contribution in [0.4, 0.5) is 8.78 Å². The standard InChI is InChI=1S/C10H11F2NO/c1-13(7-9(11)12)10(14)8-5-3-2-4-6-8/h2-6,9H,7H2,1H3. The second kappa shape index (κ2) is 4.69. The van der Waals surface area contributed by atoms with Crippen molar-refractivity contribution in [2.45, 2.75) is 6.43 Å². The molecule has 0 aliphatic heterocycles. The van der Waals surface area contributed by atoms with Gasteiger partial charge in [0.2, 0.25) is 0 Å². The number of amides is 1. The molecule has 0 spiro atoms. The topological polar surface area (TPSA) is 20.3 Å². The molecule has 0 N–H and O–H groups in total. The van der Waals surface area contributed by atoms with E-state index in [2.05, 4.69) is 0 Å². The van der Waals surface area contributed by atoms with Crippen molar-refractivity contribution in [2.75, 3.05) is 13.6 Å². The summed E-state index contributed by atoms with van der Waals surface area (Å²) >= 11 is 0. The third-order valence-electron chi connectivity index (χ3n) is 1.78. The summed E-state index contributed by atoms with van der Waals surface area (Å²) in [5.41, 5.74) is 0.427. The van der Waals surface area contributed by atoms with Gasteiger partial charge in [0.1, 0.15) is 0 Å². The minimum atomic E-state index is -2.49. The number of benzene rings is 1. The van der Waals surface area contributed by atoms with E-state index in [9.17, 15) is 13.6 Å². The smallest absolute Gasteiger partial charge is 0.255 e. The SMILES string of the molecule is CN(CC(F)F)C(=O)c1ccccc1. The van der Waals surface area contributed by atoms with Crippen LogP contribution in [0.2, 0.25) is 0 Å². The van der Waals surface area contributed by atoms with Gasteiger partial charge in [0.25, 0.3) is 12.3 Å². The van der Waals surface area contributed by atoms with Crippen molar-refractivity contribution in [1.29, 1.82) is 0 Å². The Kier molecular flexibility index (Phi) is 3.56. The normalized spacial score (nSPS) is 10.3. The lowest BCUT2D eigenvalue weighted by Gasteiger charge is -2.16. The lowest BCUT2D eigenvalue weighted by atomic mass is 10.2. The second-order valence-corrected chi connectivity index (χ2v) is 2.94. The van der Waals surface area contributed by atoms with E-state index in [1.165, 1.54) is 7.05 Å². The van der Waals surface area contributed by atoms with Crippen LogP contribution >= 0.6 is 0 Å². The molecule has 0 heterocycles. The molecule has 0 aliphatic carbocycles. The Morgan fingerprint density at radius 2 is 1.93 bits per heavy atom. The van der Waals surface area contributed by atoms with Gasteiger partial charge in [-0.25, -0.2) is 8.78 Å². The van der Waals surface area contributed by atoms with Gasteiger partial charge in [-0.1, -0.05) is 18.2 Å². The molecule has 0 atom stereocenters. The third kappa shape index (κ3) is 2.80. The minimum absolute atomic E-state index is 0.383. The summed E-state index contributed by atoms with van der Waals surface area (Å²) in [5, 5.41) is 0. The van der Waals surface area contributed by atoms with E-state index in [4.69, 9.17) is 0 Å². The zero-order valence-corrected chi connectivity index (χ0v) is 7.78. The van der Waals surface area contributed by atoms with Crippen LogP contribution in [0, 0.1) is 0 Å². The molecule has 0 radical (unpaired) electrons. The fourth-order valence-electron chi connectivity index (χ4n) is 1.09. The largest absolute Gasteiger partial charge is 0.336 e. The third-order valence-corrected chi connectivity index (χ3v) is 1.78. The Morgan fingerprint density at radius 1 is 1.36 bits per heavy atom. The van der Waals surface area contributed by atoms with Crippen molar-refractivity contribution >= 4 is 5.91 Å². The molecule has 0 aromatic heterocycles. The summed E-state index contributed by atoms with van der Waals surface area (Å²) < 4.78 is 23.9. The van der Waals surface area contributed by atoms with E-state index >= 15 is 0 Å². The molecule has 2 nitrogen and oxygen atoms in total. The van der Waals surface area contributed by atoms with E-state index in [0.29, 0.717) is 5.56 Å². The van der Waals surface area contributed by atoms with Crippen LogP contribution in [0.3, 0.4) is 0 Å². The number of hydrogen-bond donors (Lipinski definition) is 0. The lowest BCUT2D eigenvalue weighted by Crippen LogP contribution is -2.31. The van der Waals surface area contributed by atoms with Gasteiger partial charge in [0.15, 0.2) is 0 Å². The highest BCUT2D eigenvalue weighted by molar-refractivity contribution is 5.93. The van der Waals surface area contributed by atoms with Crippen LogP contribution in [0.15, 0.2) is 30.3 Å². The maximum absolute atomic E-state index is 12.0. The summed E-state index contributed by atoms with van der Waals surface area (Å²) in [5.74, 6) is -0.383. The van der Waals surface area contributed by atoms with E-state index in [0.717, 1.165) is 4.90 Å². The maximum atomic E-state index is 12.0. The maximum Gasteiger partial charge on any atom is 0.255 e. The van der Waals surface area contributed by atoms with E-state index in [1.807, 2.05) is 0 Å². The van der Waals surface area contributed by atoms with E-state index in [1.54, 1.807) is 30.3 Å². The monoisotopic (exact) mass is 199 g/mol. The molecular formula is C10H11F2NO. The van der Waals surface area contributed by atoms with Crippen LogP contribution in [0.1, 0.15) is 10.4 Å². The van der Waals surface area contributed by atoms with Gasteiger partial charge in [-0.05, 0) is 12.1 Å². The molecule has 1 amide bonds. The molecule has 14 heavy (non-hydrogen) atoms. The van der Waals surface area contributed by atoms with Gasteiger partial charge < -0.3 is 4.90 Å². The first-order valence-corrected chi connectivity index (χ1v) is 4.20. The summed E-state index contributed by atoms with van der Waals surface area (Å²) in [7, 11) is 1.36. The van der Waals surface area contributed by atoms with Gasteiger partial charge >= 0.3 is 0 Å². The fourth-order valence-corrected chi connectivity index (χ4v) is 1.09. The molecular weight excluding hydrogens is 188 g/mol. The average Bonchev–Trinajstić information content (AvgIpc) is 2.17. The van der Waals surface area contributed by atoms with Crippen LogP contribution < -0.4 is 0 Å². The number of halogens is 2. The fraction of sp³-hybridized carbons (Fsp3) is 0.300. The van der Waals surface area contributed by atoms with Crippen molar-refractivity contribution in [3.05, 3.63) is 35.9 Å². The van der Waals surface area contributed by atoms with Gasteiger partial charge in [-0.15, -0.1) is 0 Å². The van der Waals surface area contributed by atoms with Gasteiger partial charge in [-0.2, -0.15) is 0 Å². The summed E-state index contributed by atoms with van der Waals surface area (Å²) in [6.07, 6.45) is -2.49. The van der Waals surface area contributed by atoms with E-state index in [-0.39, 0.29) is 5.91 Å². The van der Waals surface area contributed by atoms with Gasteiger partial charge in [0, 0.05) is 12.6 Å². The van der Waals surface area contributed by atoms with Crippen LogP contribution in [-0.2, 0) is 0 Å². The van der Waals surface area contributed by atoms with Crippen molar-refractivity contribution in [3.63, 3.8) is 0 Å². The number of carbonyl (C=O) groups excluding carboxylic acids is 1. The number of alkyl halides is 2. The number of rotatable bonds is 3. The Labute approximate surface area is 81.1 Å². The van der Waals surface area contributed by atoms with Crippen molar-refractivity contribution in [2.24, 2.45) is 0 Å². The number of nitrogens with zero attached hydrogens (tertiary/aromatic N) is 1. The first-order chi connectivity index (χ1) is 6.61. The van der Waals surface area contributed by atoms with Gasteiger partial charge in [-0.3, -0.25) is 4.79 Å². The summed E-state index contributed by atoms with van der Waals surface area (Å²) in [6, 6.07) is 8.37. The molecule has 0 fully saturated rings. The average molecular weight is 199 g/mol. The Bertz CT molecular complexity index is 300. The zero-order valence-electron chi connectivity index (χ0n) is 7.78. The molecule has 0 bridgehead atoms. The highest BCUT2D eigenvalue weighted by Gasteiger charge is 2.14. The predicted molar refractivity (Wildman–Crippen MR) is 49.4 cm³/mol. The first kappa shape index (κ1) is 10.6. The minimum Gasteiger partial charge on any atom is -0.336 e. The molecule has 1 aromatic carbocycles. The van der Waals surface area contributed by atoms with Crippen molar-refractivity contribution in [1.82, 2.24) is 4.90 Å². The Hall–Kier alpha value is -1.45. The number of carbonyl (C=O) groups is 1. The van der Waals surface area contributed by atoms with Crippen LogP contribution in [0.5, 0.6) is 0 Å². The van der Waals surface area contributed by atoms with Crippen molar-refractivity contribution < 1.29 is 13.6 Å². The molecule has 4 heteroatoms. The Morgan fingerprint density at radius 3 is 2.43 bits per heavy atom. The molecule has 0 aliphatic rings. The Balaban J connectivity index is 2.66. The summed E-state index contributed by atoms with van der Waals surface area (Å²) in [6.45, 7) is -0.534. The van der Waals surface area contributed by atoms with Gasteiger partial charge in [0.05, 0.1) is 6.54 Å². The van der Waals surface area contributed by atoms with E-state index < -0.39 is 13.0 Å². The summed E-state index contributed by atoms with van der Waals surface area (Å²) in [4.78, 5) is 12.5. The van der Waals surface area contributed by atoms with Crippen LogP contribution in [0.25, 0.3) is 0 Å². The zero-order chi connectivity index (χ0) is 10.6. The molecule has 1 rings (SSSR count). The number of hydrogen-bond acceptors (Lipinski definition) is 1. The predicted octanol–water partition coefficient (Wildman–Crippen LogP) is 2.02. The lowest BCUT2D eigenvalue weighted by molar-refractivity contribution is 0.0620. The first-order valence-electron chi connectivity index (χ1n) is 4.20. The second-order valence-electron chi connectivity index (χ2n) is 2.94. The molecule has 1 aromatic rings. The molecule has 76 valence electrons. The quantitative estimate of drug-likeness (QED) is 0.729. The molecule has 0 unspecified atom stereocenters. The molecule has 0 saturated heterocycles. The highest BCUT2D eigenvalue weighted by atomic mass is 19.3. The highest BCUT2D eigenvalue weighted by Crippen LogP contribution is 2.04. The van der Waals surface area contributed by atoms with Crippen molar-refractivity contribution in [3.8, 4) is 0 Å². The van der Waals surface area contributed by atoms with Crippen LogP contribution in [-0.4, -0.2) is 30.8 Å².